The summed E-state index contributed by atoms with van der Waals surface area (Å²) in [6.45, 7) is 0. The Labute approximate surface area is 75.2 Å². The summed E-state index contributed by atoms with van der Waals surface area (Å²) < 4.78 is 0.681. The molecule has 2 nitrogen and oxygen atoms in total. The molecule has 1 rings (SSSR count). The fourth-order valence-corrected chi connectivity index (χ4v) is 1.25. The minimum atomic E-state index is 0.673. The van der Waals surface area contributed by atoms with Gasteiger partial charge >= 0.3 is 0 Å². The van der Waals surface area contributed by atoms with Crippen LogP contribution in [0.2, 0.25) is 0 Å². The van der Waals surface area contributed by atoms with E-state index in [1.54, 1.807) is 0 Å². The van der Waals surface area contributed by atoms with Gasteiger partial charge in [-0.2, -0.15) is 0 Å². The van der Waals surface area contributed by atoms with Crippen molar-refractivity contribution < 1.29 is 4.59 Å². The molecular formula is C10H19N2+. The predicted molar refractivity (Wildman–Crippen MR) is 53.0 cm³/mol. The van der Waals surface area contributed by atoms with Crippen LogP contribution in [0.4, 0.5) is 0 Å². The van der Waals surface area contributed by atoms with Crippen LogP contribution in [0.25, 0.3) is 0 Å². The predicted octanol–water partition coefficient (Wildman–Crippen LogP) is 2.03. The van der Waals surface area contributed by atoms with E-state index < -0.39 is 0 Å². The van der Waals surface area contributed by atoms with Crippen LogP contribution in [0.15, 0.2) is 17.3 Å². The van der Waals surface area contributed by atoms with Gasteiger partial charge in [0.2, 0.25) is 0 Å². The molecule has 0 aromatic rings. The Morgan fingerprint density at radius 1 is 1.33 bits per heavy atom. The molecule has 1 aliphatic rings. The molecule has 2 heteroatoms. The molecule has 0 fully saturated rings. The maximum atomic E-state index is 4.46. The van der Waals surface area contributed by atoms with Crippen molar-refractivity contribution in [1.29, 1.82) is 0 Å². The van der Waals surface area contributed by atoms with Gasteiger partial charge in [-0.1, -0.05) is 17.3 Å². The molecule has 0 unspecified atom stereocenters. The van der Waals surface area contributed by atoms with Crippen molar-refractivity contribution >= 4 is 6.21 Å². The summed E-state index contributed by atoms with van der Waals surface area (Å²) in [6, 6.07) is 0. The normalized spacial score (nSPS) is 25.1. The van der Waals surface area contributed by atoms with Gasteiger partial charge < -0.3 is 0 Å². The third-order valence-corrected chi connectivity index (χ3v) is 1.93. The van der Waals surface area contributed by atoms with Crippen LogP contribution in [0.1, 0.15) is 19.3 Å². The largest absolute Gasteiger partial charge is 0.205 e. The fraction of sp³-hybridized carbons (Fsp3) is 0.700. The quantitative estimate of drug-likeness (QED) is 0.258. The number of hydrogen-bond donors (Lipinski definition) is 0. The summed E-state index contributed by atoms with van der Waals surface area (Å²) in [7, 11) is 6.24. The first kappa shape index (κ1) is 9.46. The molecule has 0 aromatic heterocycles. The number of hydrogen-bond acceptors (Lipinski definition) is 1. The Balaban J connectivity index is 2.40. The van der Waals surface area contributed by atoms with Gasteiger partial charge in [0, 0.05) is 5.92 Å². The molecule has 1 atom stereocenters. The van der Waals surface area contributed by atoms with E-state index in [9.17, 15) is 0 Å². The highest BCUT2D eigenvalue weighted by molar-refractivity contribution is 5.60. The molecule has 1 aliphatic carbocycles. The maximum Gasteiger partial charge on any atom is 0.0923 e. The lowest BCUT2D eigenvalue weighted by Gasteiger charge is -2.17. The summed E-state index contributed by atoms with van der Waals surface area (Å²) in [5.74, 6) is 0.673. The van der Waals surface area contributed by atoms with E-state index >= 15 is 0 Å². The van der Waals surface area contributed by atoms with Crippen LogP contribution >= 0.6 is 0 Å². The third kappa shape index (κ3) is 3.67. The number of quaternary nitrogens is 1. The zero-order valence-electron chi connectivity index (χ0n) is 8.33. The average Bonchev–Trinajstić information content (AvgIpc) is 2.02. The van der Waals surface area contributed by atoms with Gasteiger partial charge in [-0.25, -0.2) is 4.59 Å². The standard InChI is InChI=1S/C10H19N2/c1-12(2,3)11-9-10-7-5-4-6-8-10/h4-5,9-10H,6-8H2,1-3H3/q+1/b11-9-/t10-/m1/s1. The number of allylic oxidation sites excluding steroid dienone is 2. The average molecular weight is 167 g/mol. The molecule has 68 valence electrons. The van der Waals surface area contributed by atoms with Gasteiger partial charge in [0.05, 0.1) is 27.4 Å². The molecule has 0 saturated heterocycles. The molecule has 0 bridgehead atoms. The minimum absolute atomic E-state index is 0.673. The van der Waals surface area contributed by atoms with E-state index in [0.29, 0.717) is 10.5 Å². The van der Waals surface area contributed by atoms with Crippen molar-refractivity contribution in [3.63, 3.8) is 0 Å². The smallest absolute Gasteiger partial charge is 0.0923 e. The highest BCUT2D eigenvalue weighted by atomic mass is 15.6. The van der Waals surface area contributed by atoms with E-state index in [-0.39, 0.29) is 0 Å². The van der Waals surface area contributed by atoms with Crippen LogP contribution < -0.4 is 0 Å². The van der Waals surface area contributed by atoms with Crippen molar-refractivity contribution in [1.82, 2.24) is 0 Å². The summed E-state index contributed by atoms with van der Waals surface area (Å²) >= 11 is 0. The monoisotopic (exact) mass is 167 g/mol. The molecule has 0 aliphatic heterocycles. The Kier molecular flexibility index (Phi) is 3.04. The first-order chi connectivity index (χ1) is 5.58. The third-order valence-electron chi connectivity index (χ3n) is 1.93. The molecule has 0 radical (unpaired) electrons. The van der Waals surface area contributed by atoms with Crippen molar-refractivity contribution in [3.05, 3.63) is 12.2 Å². The number of nitrogens with zero attached hydrogens (tertiary/aromatic N) is 2. The van der Waals surface area contributed by atoms with Crippen LogP contribution in [-0.2, 0) is 0 Å². The molecular weight excluding hydrogens is 148 g/mol. The zero-order valence-corrected chi connectivity index (χ0v) is 8.33. The molecule has 0 saturated carbocycles. The highest BCUT2D eigenvalue weighted by Crippen LogP contribution is 2.16. The zero-order chi connectivity index (χ0) is 9.03. The Bertz CT molecular complexity index is 187. The number of rotatable bonds is 2. The van der Waals surface area contributed by atoms with E-state index in [2.05, 4.69) is 44.6 Å². The van der Waals surface area contributed by atoms with Gasteiger partial charge in [-0.3, -0.25) is 0 Å². The Morgan fingerprint density at radius 2 is 2.08 bits per heavy atom. The lowest BCUT2D eigenvalue weighted by molar-refractivity contribution is -0.876. The van der Waals surface area contributed by atoms with Gasteiger partial charge in [0.1, 0.15) is 0 Å². The van der Waals surface area contributed by atoms with Gasteiger partial charge in [-0.15, -0.1) is 0 Å². The van der Waals surface area contributed by atoms with Gasteiger partial charge in [-0.05, 0) is 19.3 Å². The molecule has 0 amide bonds. The second kappa shape index (κ2) is 3.85. The van der Waals surface area contributed by atoms with Crippen molar-refractivity contribution in [2.24, 2.45) is 11.0 Å². The first-order valence-corrected chi connectivity index (χ1v) is 4.60. The van der Waals surface area contributed by atoms with E-state index in [1.165, 1.54) is 19.3 Å². The highest BCUT2D eigenvalue weighted by Gasteiger charge is 2.09. The van der Waals surface area contributed by atoms with Crippen molar-refractivity contribution in [3.8, 4) is 0 Å². The fourth-order valence-electron chi connectivity index (χ4n) is 1.25. The second-order valence-electron chi connectivity index (χ2n) is 4.25. The molecule has 0 spiro atoms. The molecule has 0 aromatic carbocycles. The summed E-state index contributed by atoms with van der Waals surface area (Å²) in [5.41, 5.74) is 0. The van der Waals surface area contributed by atoms with E-state index in [4.69, 9.17) is 0 Å². The van der Waals surface area contributed by atoms with E-state index in [0.717, 1.165) is 0 Å². The summed E-state index contributed by atoms with van der Waals surface area (Å²) in [6.07, 6.45) is 10.3. The Morgan fingerprint density at radius 3 is 2.58 bits per heavy atom. The van der Waals surface area contributed by atoms with Crippen LogP contribution in [0, 0.1) is 5.92 Å². The Hall–Kier alpha value is -0.630. The molecule has 0 heterocycles. The van der Waals surface area contributed by atoms with Crippen LogP contribution in [0.3, 0.4) is 0 Å². The minimum Gasteiger partial charge on any atom is -0.205 e. The van der Waals surface area contributed by atoms with Crippen molar-refractivity contribution in [2.75, 3.05) is 21.1 Å². The maximum absolute atomic E-state index is 4.46. The van der Waals surface area contributed by atoms with E-state index in [1.807, 2.05) is 0 Å². The summed E-state index contributed by atoms with van der Waals surface area (Å²) in [4.78, 5) is 0. The molecule has 12 heavy (non-hydrogen) atoms. The lowest BCUT2D eigenvalue weighted by Crippen LogP contribution is -2.28. The second-order valence-corrected chi connectivity index (χ2v) is 4.25. The SMILES string of the molecule is C[N+](C)(C)/N=C\[C@@H]1CC=CCC1. The summed E-state index contributed by atoms with van der Waals surface area (Å²) in [5, 5.41) is 4.46. The first-order valence-electron chi connectivity index (χ1n) is 4.60. The van der Waals surface area contributed by atoms with Crippen LogP contribution in [-0.4, -0.2) is 31.9 Å². The topological polar surface area (TPSA) is 12.4 Å². The molecule has 0 N–H and O–H groups in total. The van der Waals surface area contributed by atoms with Crippen LogP contribution in [0.5, 0.6) is 0 Å². The van der Waals surface area contributed by atoms with Crippen molar-refractivity contribution in [2.45, 2.75) is 19.3 Å². The van der Waals surface area contributed by atoms with Gasteiger partial charge in [0.15, 0.2) is 0 Å². The van der Waals surface area contributed by atoms with Gasteiger partial charge in [0.25, 0.3) is 0 Å². The lowest BCUT2D eigenvalue weighted by atomic mass is 9.96.